The minimum Gasteiger partial charge on any atom is -0.0802 e. The van der Waals surface area contributed by atoms with E-state index in [4.69, 9.17) is 0 Å². The molecule has 0 amide bonds. The summed E-state index contributed by atoms with van der Waals surface area (Å²) < 4.78 is 0. The molecule has 0 aliphatic heterocycles. The van der Waals surface area contributed by atoms with Gasteiger partial charge in [0.15, 0.2) is 0 Å². The number of hydrogen-bond donors (Lipinski definition) is 0. The number of hydrogen-bond acceptors (Lipinski definition) is 0. The Hall–Kier alpha value is -4.68. The van der Waals surface area contributed by atoms with Crippen molar-refractivity contribution in [3.63, 3.8) is 0 Å². The van der Waals surface area contributed by atoms with Gasteiger partial charge in [0.05, 0.1) is 0 Å². The molecule has 43 heavy (non-hydrogen) atoms. The fourth-order valence-electron chi connectivity index (χ4n) is 7.86. The molecule has 0 N–H and O–H groups in total. The Balaban J connectivity index is 1.59. The molecule has 6 aromatic rings. The molecular formula is C43H36. The maximum Gasteiger partial charge on any atom is -0.00135 e. The highest BCUT2D eigenvalue weighted by Crippen LogP contribution is 2.49. The summed E-state index contributed by atoms with van der Waals surface area (Å²) in [5, 5.41) is 5.31. The van der Waals surface area contributed by atoms with Crippen LogP contribution in [0.25, 0.3) is 54.9 Å². The molecule has 0 radical (unpaired) electrons. The van der Waals surface area contributed by atoms with Crippen molar-refractivity contribution < 1.29 is 0 Å². The molecule has 8 rings (SSSR count). The molecule has 0 fully saturated rings. The highest BCUT2D eigenvalue weighted by molar-refractivity contribution is 6.12. The van der Waals surface area contributed by atoms with Crippen molar-refractivity contribution in [2.24, 2.45) is 0 Å². The minimum atomic E-state index is 0.954. The Labute approximate surface area is 255 Å². The second kappa shape index (κ2) is 9.96. The molecule has 0 heteroatoms. The second-order valence-corrected chi connectivity index (χ2v) is 12.8. The molecule has 208 valence electrons. The zero-order valence-electron chi connectivity index (χ0n) is 25.5. The zero-order chi connectivity index (χ0) is 29.2. The summed E-state index contributed by atoms with van der Waals surface area (Å²) in [5.41, 5.74) is 19.4. The normalized spacial score (nSPS) is 14.0. The van der Waals surface area contributed by atoms with Gasteiger partial charge in [0.1, 0.15) is 0 Å². The van der Waals surface area contributed by atoms with Crippen LogP contribution in [-0.2, 0) is 12.8 Å². The number of aryl methyl sites for hydroxylation is 4. The first-order chi connectivity index (χ1) is 20.9. The van der Waals surface area contributed by atoms with Gasteiger partial charge in [-0.15, -0.1) is 0 Å². The summed E-state index contributed by atoms with van der Waals surface area (Å²) in [7, 11) is 0. The topological polar surface area (TPSA) is 0 Å². The quantitative estimate of drug-likeness (QED) is 0.200. The van der Waals surface area contributed by atoms with Gasteiger partial charge in [0.2, 0.25) is 0 Å². The molecule has 0 heterocycles. The van der Waals surface area contributed by atoms with Crippen molar-refractivity contribution in [3.8, 4) is 33.4 Å². The zero-order valence-corrected chi connectivity index (χ0v) is 25.5. The molecule has 0 saturated carbocycles. The lowest BCUT2D eigenvalue weighted by Gasteiger charge is -2.27. The lowest BCUT2D eigenvalue weighted by molar-refractivity contribution is 1.03. The smallest absolute Gasteiger partial charge is 0.00135 e. The van der Waals surface area contributed by atoms with Gasteiger partial charge in [-0.1, -0.05) is 125 Å². The molecule has 0 spiro atoms. The van der Waals surface area contributed by atoms with E-state index >= 15 is 0 Å². The summed E-state index contributed by atoms with van der Waals surface area (Å²) in [4.78, 5) is 0. The predicted octanol–water partition coefficient (Wildman–Crippen LogP) is 11.6. The van der Waals surface area contributed by atoms with E-state index in [9.17, 15) is 0 Å². The van der Waals surface area contributed by atoms with Crippen LogP contribution in [-0.4, -0.2) is 0 Å². The van der Waals surface area contributed by atoms with E-state index in [2.05, 4.69) is 137 Å². The van der Waals surface area contributed by atoms with Crippen molar-refractivity contribution >= 4 is 21.5 Å². The van der Waals surface area contributed by atoms with Crippen LogP contribution in [0.2, 0.25) is 0 Å². The SMILES string of the molecule is Cc1cc(C)cc(-c2cc3ccccc3c3c2CC2=C(CC=C2)Cc2c(-c4cc(C)cc(C)c4)cc4ccccc4c2-3)c1. The molecule has 6 aromatic carbocycles. The van der Waals surface area contributed by atoms with E-state index in [1.807, 2.05) is 0 Å². The number of benzene rings is 6. The molecule has 0 nitrogen and oxygen atoms in total. The Morgan fingerprint density at radius 2 is 0.953 bits per heavy atom. The second-order valence-electron chi connectivity index (χ2n) is 12.8. The van der Waals surface area contributed by atoms with Crippen molar-refractivity contribution in [2.45, 2.75) is 47.0 Å². The highest BCUT2D eigenvalue weighted by atomic mass is 14.3. The third kappa shape index (κ3) is 4.36. The third-order valence-corrected chi connectivity index (χ3v) is 9.52. The monoisotopic (exact) mass is 552 g/mol. The van der Waals surface area contributed by atoms with Crippen LogP contribution in [0, 0.1) is 27.7 Å². The Morgan fingerprint density at radius 3 is 1.47 bits per heavy atom. The lowest BCUT2D eigenvalue weighted by Crippen LogP contribution is -2.08. The Bertz CT molecular complexity index is 2140. The average Bonchev–Trinajstić information content (AvgIpc) is 3.40. The van der Waals surface area contributed by atoms with Crippen molar-refractivity contribution in [3.05, 3.63) is 154 Å². The van der Waals surface area contributed by atoms with E-state index in [1.54, 1.807) is 5.57 Å². The van der Waals surface area contributed by atoms with E-state index in [0.717, 1.165) is 19.3 Å². The third-order valence-electron chi connectivity index (χ3n) is 9.52. The van der Waals surface area contributed by atoms with Crippen molar-refractivity contribution in [1.29, 1.82) is 0 Å². The van der Waals surface area contributed by atoms with Gasteiger partial charge in [0, 0.05) is 0 Å². The maximum absolute atomic E-state index is 2.46. The minimum absolute atomic E-state index is 0.954. The van der Waals surface area contributed by atoms with Crippen LogP contribution >= 0.6 is 0 Å². The molecule has 0 saturated heterocycles. The molecule has 2 aliphatic rings. The van der Waals surface area contributed by atoms with Crippen molar-refractivity contribution in [1.82, 2.24) is 0 Å². The van der Waals surface area contributed by atoms with Gasteiger partial charge >= 0.3 is 0 Å². The Morgan fingerprint density at radius 1 is 0.488 bits per heavy atom. The summed E-state index contributed by atoms with van der Waals surface area (Å²) >= 11 is 0. The average molecular weight is 553 g/mol. The fraction of sp³-hybridized carbons (Fsp3) is 0.163. The number of allylic oxidation sites excluding steroid dienone is 4. The van der Waals surface area contributed by atoms with E-state index < -0.39 is 0 Å². The van der Waals surface area contributed by atoms with Crippen LogP contribution in [0.3, 0.4) is 0 Å². The number of rotatable bonds is 2. The first-order valence-electron chi connectivity index (χ1n) is 15.6. The van der Waals surface area contributed by atoms with Gasteiger partial charge in [0.25, 0.3) is 0 Å². The largest absolute Gasteiger partial charge is 0.0802 e. The van der Waals surface area contributed by atoms with Crippen LogP contribution < -0.4 is 0 Å². The van der Waals surface area contributed by atoms with Gasteiger partial charge in [-0.25, -0.2) is 0 Å². The molecular weight excluding hydrogens is 516 g/mol. The molecule has 2 aliphatic carbocycles. The van der Waals surface area contributed by atoms with Gasteiger partial charge in [-0.3, -0.25) is 0 Å². The summed E-state index contributed by atoms with van der Waals surface area (Å²) in [5.74, 6) is 0. The number of fused-ring (bicyclic) bond motifs is 7. The van der Waals surface area contributed by atoms with Crippen LogP contribution in [0.5, 0.6) is 0 Å². The fourth-order valence-corrected chi connectivity index (χ4v) is 7.86. The first-order valence-corrected chi connectivity index (χ1v) is 15.6. The lowest BCUT2D eigenvalue weighted by atomic mass is 9.76. The van der Waals surface area contributed by atoms with E-state index in [-0.39, 0.29) is 0 Å². The van der Waals surface area contributed by atoms with Crippen molar-refractivity contribution in [2.75, 3.05) is 0 Å². The van der Waals surface area contributed by atoms with Crippen LogP contribution in [0.15, 0.2) is 120 Å². The standard InChI is InChI=1S/C43H36/c1-26-16-27(2)19-34(18-26)38-24-32-10-5-7-14-36(32)42-40(38)22-30-12-9-13-31(30)23-41-39(35-20-28(3)17-29(4)21-35)25-33-11-6-8-15-37(33)43(41)42/h5-12,14-21,24-25H,13,22-23H2,1-4H3. The molecule has 0 atom stereocenters. The van der Waals surface area contributed by atoms with Crippen LogP contribution in [0.4, 0.5) is 0 Å². The maximum atomic E-state index is 2.46. The molecule has 0 unspecified atom stereocenters. The van der Waals surface area contributed by atoms with Crippen LogP contribution in [0.1, 0.15) is 39.8 Å². The van der Waals surface area contributed by atoms with Gasteiger partial charge < -0.3 is 0 Å². The predicted molar refractivity (Wildman–Crippen MR) is 185 cm³/mol. The van der Waals surface area contributed by atoms with Gasteiger partial charge in [-0.2, -0.15) is 0 Å². The van der Waals surface area contributed by atoms with Gasteiger partial charge in [-0.05, 0) is 131 Å². The van der Waals surface area contributed by atoms with E-state index in [1.165, 1.54) is 93.9 Å². The summed E-state index contributed by atoms with van der Waals surface area (Å²) in [6.45, 7) is 8.89. The van der Waals surface area contributed by atoms with E-state index in [0.29, 0.717) is 0 Å². The highest BCUT2D eigenvalue weighted by Gasteiger charge is 2.27. The molecule has 0 aromatic heterocycles. The molecule has 0 bridgehead atoms. The first kappa shape index (κ1) is 26.0. The Kier molecular flexibility index (Phi) is 6.02. The summed E-state index contributed by atoms with van der Waals surface area (Å²) in [6, 6.07) is 37.1. The summed E-state index contributed by atoms with van der Waals surface area (Å²) in [6.07, 6.45) is 7.75.